The highest BCUT2D eigenvalue weighted by Crippen LogP contribution is 2.21. The summed E-state index contributed by atoms with van der Waals surface area (Å²) in [6.07, 6.45) is 3.63. The van der Waals surface area contributed by atoms with Crippen LogP contribution in [0, 0.1) is 0 Å². The third-order valence-corrected chi connectivity index (χ3v) is 7.44. The molecule has 3 aliphatic heterocycles. The van der Waals surface area contributed by atoms with E-state index >= 15 is 0 Å². The Morgan fingerprint density at radius 3 is 2.59 bits per heavy atom. The number of nitrogens with one attached hydrogen (secondary N) is 2. The first-order valence-corrected chi connectivity index (χ1v) is 13.4. The molecular formula is C27H37N7O3. The van der Waals surface area contributed by atoms with Crippen molar-refractivity contribution in [1.29, 1.82) is 0 Å². The van der Waals surface area contributed by atoms with Gasteiger partial charge in [-0.2, -0.15) is 4.98 Å². The number of hydrogen-bond donors (Lipinski definition) is 3. The number of rotatable bonds is 8. The molecule has 2 fully saturated rings. The van der Waals surface area contributed by atoms with E-state index in [2.05, 4.69) is 48.6 Å². The Morgan fingerprint density at radius 2 is 1.84 bits per heavy atom. The summed E-state index contributed by atoms with van der Waals surface area (Å²) in [6, 6.07) is 10.2. The second kappa shape index (κ2) is 11.4. The van der Waals surface area contributed by atoms with Gasteiger partial charge >= 0.3 is 0 Å². The maximum atomic E-state index is 13.1. The summed E-state index contributed by atoms with van der Waals surface area (Å²) >= 11 is 0. The van der Waals surface area contributed by atoms with E-state index in [1.807, 2.05) is 6.07 Å². The molecular weight excluding hydrogens is 470 g/mol. The minimum Gasteiger partial charge on any atom is -0.390 e. The highest BCUT2D eigenvalue weighted by molar-refractivity contribution is 5.93. The third kappa shape index (κ3) is 6.37. The monoisotopic (exact) mass is 507 g/mol. The quantitative estimate of drug-likeness (QED) is 0.489. The number of aliphatic hydroxyl groups excluding tert-OH is 1. The second-order valence-electron chi connectivity index (χ2n) is 10.4. The molecule has 1 aromatic carbocycles. The first kappa shape index (κ1) is 25.4. The highest BCUT2D eigenvalue weighted by atomic mass is 16.3. The molecule has 1 aromatic heterocycles. The zero-order valence-corrected chi connectivity index (χ0v) is 21.5. The Kier molecular flexibility index (Phi) is 7.85. The van der Waals surface area contributed by atoms with Crippen molar-refractivity contribution in [2.75, 3.05) is 56.0 Å². The number of aromatic nitrogens is 2. The molecule has 0 radical (unpaired) electrons. The van der Waals surface area contributed by atoms with Crippen LogP contribution in [-0.4, -0.2) is 94.6 Å². The van der Waals surface area contributed by atoms with Gasteiger partial charge in [-0.15, -0.1) is 0 Å². The van der Waals surface area contributed by atoms with Crippen molar-refractivity contribution in [2.45, 2.75) is 51.3 Å². The molecule has 10 nitrogen and oxygen atoms in total. The average Bonchev–Trinajstić information content (AvgIpc) is 2.89. The SMILES string of the molecule is CC(=O)N1CC(Nc2cc(C(=O)NC[C@H](O)CN3CCc4ccccc4C3)nc(N3CCCCC3)n2)C1. The van der Waals surface area contributed by atoms with Gasteiger partial charge in [0, 0.05) is 65.3 Å². The molecule has 1 atom stereocenters. The zero-order chi connectivity index (χ0) is 25.8. The summed E-state index contributed by atoms with van der Waals surface area (Å²) in [5, 5.41) is 16.9. The molecule has 2 amide bonds. The predicted molar refractivity (Wildman–Crippen MR) is 142 cm³/mol. The van der Waals surface area contributed by atoms with Crippen LogP contribution in [0.5, 0.6) is 0 Å². The van der Waals surface area contributed by atoms with E-state index in [1.54, 1.807) is 17.9 Å². The molecule has 0 bridgehead atoms. The first-order chi connectivity index (χ1) is 17.9. The zero-order valence-electron chi connectivity index (χ0n) is 21.5. The summed E-state index contributed by atoms with van der Waals surface area (Å²) in [6.45, 7) is 6.88. The molecule has 4 heterocycles. The van der Waals surface area contributed by atoms with Crippen LogP contribution in [0.3, 0.4) is 0 Å². The molecule has 2 aromatic rings. The second-order valence-corrected chi connectivity index (χ2v) is 10.4. The van der Waals surface area contributed by atoms with Gasteiger partial charge in [-0.3, -0.25) is 14.5 Å². The number of benzene rings is 1. The summed E-state index contributed by atoms with van der Waals surface area (Å²) in [5.74, 6) is 0.861. The van der Waals surface area contributed by atoms with Crippen LogP contribution >= 0.6 is 0 Å². The summed E-state index contributed by atoms with van der Waals surface area (Å²) in [7, 11) is 0. The number of hydrogen-bond acceptors (Lipinski definition) is 8. The standard InChI is InChI=1S/C27H37N7O3/c1-19(35)34-16-22(17-34)29-25-13-24(30-27(31-25)33-10-5-2-6-11-33)26(37)28-14-23(36)18-32-12-9-20-7-3-4-8-21(20)15-32/h3-4,7-8,13,22-23,36H,2,5-6,9-12,14-18H2,1H3,(H,28,37)(H,29,30,31)/t23-/m0/s1. The number of anilines is 2. The van der Waals surface area contributed by atoms with Gasteiger partial charge in [0.15, 0.2) is 0 Å². The number of aliphatic hydroxyl groups is 1. The lowest BCUT2D eigenvalue weighted by Gasteiger charge is -2.39. The number of β-amino-alcohol motifs (C(OH)–C–C–N with tert-alkyl or cyclic N) is 1. The average molecular weight is 508 g/mol. The number of piperidine rings is 1. The number of likely N-dealkylation sites (tertiary alicyclic amines) is 1. The van der Waals surface area contributed by atoms with Crippen LogP contribution in [-0.2, 0) is 17.8 Å². The molecule has 0 spiro atoms. The lowest BCUT2D eigenvalue weighted by Crippen LogP contribution is -2.56. The van der Waals surface area contributed by atoms with Crippen LogP contribution < -0.4 is 15.5 Å². The molecule has 3 N–H and O–H groups in total. The van der Waals surface area contributed by atoms with E-state index in [0.717, 1.165) is 45.4 Å². The molecule has 3 aliphatic rings. The van der Waals surface area contributed by atoms with Crippen molar-refractivity contribution in [3.63, 3.8) is 0 Å². The van der Waals surface area contributed by atoms with E-state index in [0.29, 0.717) is 31.4 Å². The van der Waals surface area contributed by atoms with Crippen LogP contribution in [0.25, 0.3) is 0 Å². The lowest BCUT2D eigenvalue weighted by molar-refractivity contribution is -0.132. The molecule has 0 aliphatic carbocycles. The van der Waals surface area contributed by atoms with E-state index in [9.17, 15) is 14.7 Å². The summed E-state index contributed by atoms with van der Waals surface area (Å²) in [5.41, 5.74) is 2.95. The smallest absolute Gasteiger partial charge is 0.270 e. The molecule has 2 saturated heterocycles. The van der Waals surface area contributed by atoms with Crippen LogP contribution in [0.15, 0.2) is 30.3 Å². The van der Waals surface area contributed by atoms with Crippen molar-refractivity contribution in [1.82, 2.24) is 25.1 Å². The van der Waals surface area contributed by atoms with E-state index < -0.39 is 6.10 Å². The lowest BCUT2D eigenvalue weighted by atomic mass is 10.00. The van der Waals surface area contributed by atoms with Crippen molar-refractivity contribution in [2.24, 2.45) is 0 Å². The number of nitrogens with zero attached hydrogens (tertiary/aromatic N) is 5. The predicted octanol–water partition coefficient (Wildman–Crippen LogP) is 1.26. The Hall–Kier alpha value is -3.24. The van der Waals surface area contributed by atoms with E-state index in [4.69, 9.17) is 0 Å². The van der Waals surface area contributed by atoms with Crippen LogP contribution in [0.2, 0.25) is 0 Å². The molecule has 37 heavy (non-hydrogen) atoms. The van der Waals surface area contributed by atoms with Gasteiger partial charge in [0.05, 0.1) is 12.1 Å². The van der Waals surface area contributed by atoms with Gasteiger partial charge < -0.3 is 25.5 Å². The maximum absolute atomic E-state index is 13.1. The maximum Gasteiger partial charge on any atom is 0.270 e. The fraction of sp³-hybridized carbons (Fsp3) is 0.556. The summed E-state index contributed by atoms with van der Waals surface area (Å²) in [4.78, 5) is 40.0. The van der Waals surface area contributed by atoms with Gasteiger partial charge in [-0.05, 0) is 36.8 Å². The normalized spacial score (nSPS) is 19.1. The highest BCUT2D eigenvalue weighted by Gasteiger charge is 2.29. The topological polar surface area (TPSA) is 114 Å². The number of carbonyl (C=O) groups is 2. The Balaban J connectivity index is 1.20. The number of amides is 2. The number of carbonyl (C=O) groups excluding carboxylic acids is 2. The fourth-order valence-corrected chi connectivity index (χ4v) is 5.27. The minimum absolute atomic E-state index is 0.0575. The molecule has 0 unspecified atom stereocenters. The van der Waals surface area contributed by atoms with Gasteiger partial charge in [0.2, 0.25) is 11.9 Å². The third-order valence-electron chi connectivity index (χ3n) is 7.44. The van der Waals surface area contributed by atoms with Crippen LogP contribution in [0.1, 0.15) is 47.8 Å². The Bertz CT molecular complexity index is 1110. The van der Waals surface area contributed by atoms with Gasteiger partial charge in [-0.25, -0.2) is 4.98 Å². The Labute approximate surface area is 218 Å². The first-order valence-electron chi connectivity index (χ1n) is 13.4. The van der Waals surface area contributed by atoms with Crippen LogP contribution in [0.4, 0.5) is 11.8 Å². The van der Waals surface area contributed by atoms with Crippen molar-refractivity contribution < 1.29 is 14.7 Å². The van der Waals surface area contributed by atoms with Crippen molar-refractivity contribution in [3.8, 4) is 0 Å². The van der Waals surface area contributed by atoms with Crippen molar-refractivity contribution in [3.05, 3.63) is 47.2 Å². The number of fused-ring (bicyclic) bond motifs is 1. The van der Waals surface area contributed by atoms with Gasteiger partial charge in [0.1, 0.15) is 11.5 Å². The van der Waals surface area contributed by atoms with Gasteiger partial charge in [0.25, 0.3) is 5.91 Å². The van der Waals surface area contributed by atoms with Gasteiger partial charge in [-0.1, -0.05) is 24.3 Å². The largest absolute Gasteiger partial charge is 0.390 e. The summed E-state index contributed by atoms with van der Waals surface area (Å²) < 4.78 is 0. The fourth-order valence-electron chi connectivity index (χ4n) is 5.27. The molecule has 198 valence electrons. The minimum atomic E-state index is -0.678. The molecule has 10 heteroatoms. The van der Waals surface area contributed by atoms with E-state index in [1.165, 1.54) is 17.5 Å². The van der Waals surface area contributed by atoms with Crippen molar-refractivity contribution >= 4 is 23.6 Å². The Morgan fingerprint density at radius 1 is 1.08 bits per heavy atom. The molecule has 5 rings (SSSR count). The molecule has 0 saturated carbocycles. The van der Waals surface area contributed by atoms with E-state index in [-0.39, 0.29) is 30.1 Å².